The molecule has 1 unspecified atom stereocenters. The van der Waals surface area contributed by atoms with Gasteiger partial charge in [0, 0.05) is 12.2 Å². The predicted molar refractivity (Wildman–Crippen MR) is 134 cm³/mol. The molecule has 174 valence electrons. The Hall–Kier alpha value is -4.17. The van der Waals surface area contributed by atoms with Crippen LogP contribution in [0.15, 0.2) is 95.0 Å². The maximum Gasteiger partial charge on any atom is 0.260 e. The van der Waals surface area contributed by atoms with Crippen LogP contribution in [0.2, 0.25) is 5.02 Å². The third-order valence-electron chi connectivity index (χ3n) is 5.99. The molecule has 9 heteroatoms. The molecule has 2 aromatic carbocycles. The third-order valence-corrected chi connectivity index (χ3v) is 6.30. The van der Waals surface area contributed by atoms with E-state index >= 15 is 0 Å². The fourth-order valence-corrected chi connectivity index (χ4v) is 4.41. The molecule has 1 aliphatic carbocycles. The van der Waals surface area contributed by atoms with Crippen molar-refractivity contribution in [1.82, 2.24) is 20.1 Å². The van der Waals surface area contributed by atoms with Gasteiger partial charge < -0.3 is 5.32 Å². The number of amidine groups is 1. The molecule has 0 spiro atoms. The van der Waals surface area contributed by atoms with Crippen LogP contribution in [0.1, 0.15) is 28.8 Å². The lowest BCUT2D eigenvalue weighted by molar-refractivity contribution is -0.118. The normalized spacial score (nSPS) is 17.7. The number of fused-ring (bicyclic) bond motifs is 1. The smallest absolute Gasteiger partial charge is 0.260 e. The van der Waals surface area contributed by atoms with Gasteiger partial charge in [-0.05, 0) is 36.8 Å². The van der Waals surface area contributed by atoms with E-state index in [1.807, 2.05) is 55.5 Å². The summed E-state index contributed by atoms with van der Waals surface area (Å²) in [5, 5.41) is 10.8. The standard InChI is InChI=1S/C26H21ClN6O2/c1-16-6-5-9-22-23(16)26(35)32-24(31-22)20(17-7-3-2-4-8-17)13-28-25(34)19-11-10-18(12-21(19)27)33-14-29-30-15-33/h2-12,14-15,20,23H,13H2,1H3,(H,28,34)/t20-,23?/m0/s1. The van der Waals surface area contributed by atoms with Crippen molar-refractivity contribution in [2.75, 3.05) is 6.54 Å². The van der Waals surface area contributed by atoms with Gasteiger partial charge >= 0.3 is 0 Å². The number of carbonyl (C=O) groups is 2. The maximum atomic E-state index is 13.0. The summed E-state index contributed by atoms with van der Waals surface area (Å²) in [4.78, 5) is 34.9. The zero-order valence-electron chi connectivity index (χ0n) is 18.8. The van der Waals surface area contributed by atoms with E-state index in [0.29, 0.717) is 22.1 Å². The number of aromatic nitrogens is 3. The molecule has 5 rings (SSSR count). The Balaban J connectivity index is 1.39. The molecule has 3 aromatic rings. The van der Waals surface area contributed by atoms with Gasteiger partial charge in [-0.1, -0.05) is 59.7 Å². The number of nitrogens with one attached hydrogen (secondary N) is 1. The van der Waals surface area contributed by atoms with Crippen LogP contribution in [0, 0.1) is 5.92 Å². The lowest BCUT2D eigenvalue weighted by Gasteiger charge is -2.25. The number of carbonyl (C=O) groups excluding carboxylic acids is 2. The van der Waals surface area contributed by atoms with Gasteiger partial charge in [-0.15, -0.1) is 10.2 Å². The van der Waals surface area contributed by atoms with Crippen molar-refractivity contribution in [3.63, 3.8) is 0 Å². The first-order valence-electron chi connectivity index (χ1n) is 11.0. The van der Waals surface area contributed by atoms with E-state index < -0.39 is 11.8 Å². The van der Waals surface area contributed by atoms with Gasteiger partial charge in [0.1, 0.15) is 24.4 Å². The predicted octanol–water partition coefficient (Wildman–Crippen LogP) is 3.95. The SMILES string of the molecule is CC1=CC=CC2=NC([C@@H](CNC(=O)c3ccc(-n4cnnc4)cc3Cl)c3ccccc3)=NC(=O)C12. The lowest BCUT2D eigenvalue weighted by atomic mass is 9.88. The summed E-state index contributed by atoms with van der Waals surface area (Å²) < 4.78 is 1.69. The van der Waals surface area contributed by atoms with E-state index in [1.54, 1.807) is 35.4 Å². The van der Waals surface area contributed by atoms with Crippen LogP contribution in [0.4, 0.5) is 0 Å². The largest absolute Gasteiger partial charge is 0.351 e. The summed E-state index contributed by atoms with van der Waals surface area (Å²) in [6, 6.07) is 14.7. The van der Waals surface area contributed by atoms with Gasteiger partial charge in [-0.2, -0.15) is 4.99 Å². The molecule has 1 aliphatic heterocycles. The van der Waals surface area contributed by atoms with E-state index in [-0.39, 0.29) is 18.4 Å². The molecular weight excluding hydrogens is 464 g/mol. The molecule has 0 fully saturated rings. The second kappa shape index (κ2) is 9.60. The number of hydrogen-bond donors (Lipinski definition) is 1. The van der Waals surface area contributed by atoms with Crippen LogP contribution in [0.5, 0.6) is 0 Å². The van der Waals surface area contributed by atoms with Crippen molar-refractivity contribution in [2.45, 2.75) is 12.8 Å². The minimum Gasteiger partial charge on any atom is -0.351 e. The van der Waals surface area contributed by atoms with Crippen molar-refractivity contribution in [3.8, 4) is 5.69 Å². The second-order valence-corrected chi connectivity index (χ2v) is 8.66. The molecule has 35 heavy (non-hydrogen) atoms. The lowest BCUT2D eigenvalue weighted by Crippen LogP contribution is -2.36. The van der Waals surface area contributed by atoms with E-state index in [1.165, 1.54) is 0 Å². The number of allylic oxidation sites excluding steroid dienone is 3. The summed E-state index contributed by atoms with van der Waals surface area (Å²) in [7, 11) is 0. The Morgan fingerprint density at radius 2 is 1.89 bits per heavy atom. The molecular formula is C26H21ClN6O2. The van der Waals surface area contributed by atoms with E-state index in [4.69, 9.17) is 16.6 Å². The number of benzene rings is 2. The van der Waals surface area contributed by atoms with Crippen LogP contribution in [-0.4, -0.2) is 44.7 Å². The van der Waals surface area contributed by atoms with E-state index in [0.717, 1.165) is 16.8 Å². The molecule has 0 saturated heterocycles. The molecule has 8 nitrogen and oxygen atoms in total. The molecule has 1 N–H and O–H groups in total. The zero-order chi connectivity index (χ0) is 24.4. The fourth-order valence-electron chi connectivity index (χ4n) is 4.15. The topological polar surface area (TPSA) is 102 Å². The van der Waals surface area contributed by atoms with Crippen LogP contribution in [0.3, 0.4) is 0 Å². The number of halogens is 1. The second-order valence-electron chi connectivity index (χ2n) is 8.25. The third kappa shape index (κ3) is 4.61. The Morgan fingerprint density at radius 3 is 2.63 bits per heavy atom. The van der Waals surface area contributed by atoms with Crippen molar-refractivity contribution in [3.05, 3.63) is 101 Å². The Labute approximate surface area is 206 Å². The number of rotatable bonds is 6. The van der Waals surface area contributed by atoms with Crippen LogP contribution in [-0.2, 0) is 4.79 Å². The number of nitrogens with zero attached hydrogens (tertiary/aromatic N) is 5. The number of hydrogen-bond acceptors (Lipinski definition) is 5. The summed E-state index contributed by atoms with van der Waals surface area (Å²) in [5.41, 5.74) is 3.54. The monoisotopic (exact) mass is 484 g/mol. The highest BCUT2D eigenvalue weighted by atomic mass is 35.5. The summed E-state index contributed by atoms with van der Waals surface area (Å²) in [6.45, 7) is 2.09. The molecule has 0 radical (unpaired) electrons. The minimum absolute atomic E-state index is 0.193. The highest BCUT2D eigenvalue weighted by Gasteiger charge is 2.33. The Kier molecular flexibility index (Phi) is 6.20. The van der Waals surface area contributed by atoms with E-state index in [9.17, 15) is 9.59 Å². The molecule has 1 aromatic heterocycles. The highest BCUT2D eigenvalue weighted by Crippen LogP contribution is 2.28. The number of aliphatic imine (C=N–C) groups is 2. The minimum atomic E-state index is -0.446. The molecule has 2 amide bonds. The highest BCUT2D eigenvalue weighted by molar-refractivity contribution is 6.34. The first-order chi connectivity index (χ1) is 17.0. The molecule has 0 saturated carbocycles. The average molecular weight is 485 g/mol. The van der Waals surface area contributed by atoms with Gasteiger partial charge in [0.25, 0.3) is 11.8 Å². The van der Waals surface area contributed by atoms with Crippen LogP contribution in [0.25, 0.3) is 5.69 Å². The van der Waals surface area contributed by atoms with Crippen molar-refractivity contribution in [2.24, 2.45) is 15.9 Å². The molecule has 2 heterocycles. The summed E-state index contributed by atoms with van der Waals surface area (Å²) in [5.74, 6) is -1.06. The molecule has 2 atom stereocenters. The Morgan fingerprint density at radius 1 is 1.11 bits per heavy atom. The first kappa shape index (κ1) is 22.6. The maximum absolute atomic E-state index is 13.0. The van der Waals surface area contributed by atoms with Crippen molar-refractivity contribution in [1.29, 1.82) is 0 Å². The Bertz CT molecular complexity index is 1410. The molecule has 2 aliphatic rings. The van der Waals surface area contributed by atoms with Gasteiger partial charge in [-0.3, -0.25) is 14.2 Å². The number of amides is 2. The van der Waals surface area contributed by atoms with Crippen molar-refractivity contribution >= 4 is 35.0 Å². The fraction of sp³-hybridized carbons (Fsp3) is 0.154. The van der Waals surface area contributed by atoms with Gasteiger partial charge in [0.05, 0.1) is 22.2 Å². The van der Waals surface area contributed by atoms with Crippen LogP contribution >= 0.6 is 11.6 Å². The van der Waals surface area contributed by atoms with Gasteiger partial charge in [0.15, 0.2) is 0 Å². The summed E-state index contributed by atoms with van der Waals surface area (Å²) >= 11 is 6.41. The first-order valence-corrected chi connectivity index (χ1v) is 11.4. The zero-order valence-corrected chi connectivity index (χ0v) is 19.6. The van der Waals surface area contributed by atoms with Gasteiger partial charge in [0.2, 0.25) is 0 Å². The van der Waals surface area contributed by atoms with E-state index in [2.05, 4.69) is 20.5 Å². The average Bonchev–Trinajstić information content (AvgIpc) is 3.40. The quantitative estimate of drug-likeness (QED) is 0.572. The van der Waals surface area contributed by atoms with Crippen LogP contribution < -0.4 is 5.32 Å². The molecule has 0 bridgehead atoms. The van der Waals surface area contributed by atoms with Crippen molar-refractivity contribution < 1.29 is 9.59 Å². The van der Waals surface area contributed by atoms with Gasteiger partial charge in [-0.25, -0.2) is 4.99 Å². The summed E-state index contributed by atoms with van der Waals surface area (Å²) in [6.07, 6.45) is 8.71.